The van der Waals surface area contributed by atoms with Crippen LogP contribution in [0.1, 0.15) is 15.9 Å². The van der Waals surface area contributed by atoms with Gasteiger partial charge in [-0.3, -0.25) is 9.59 Å². The summed E-state index contributed by atoms with van der Waals surface area (Å²) >= 11 is 5.98. The number of rotatable bonds is 4. The van der Waals surface area contributed by atoms with Crippen LogP contribution in [0.5, 0.6) is 5.75 Å². The van der Waals surface area contributed by atoms with E-state index in [9.17, 15) is 14.0 Å². The molecule has 2 amide bonds. The molecule has 0 unspecified atom stereocenters. The van der Waals surface area contributed by atoms with E-state index in [1.54, 1.807) is 29.2 Å². The van der Waals surface area contributed by atoms with Gasteiger partial charge >= 0.3 is 0 Å². The second-order valence-electron chi connectivity index (χ2n) is 6.43. The van der Waals surface area contributed by atoms with Crippen LogP contribution in [0.3, 0.4) is 0 Å². The number of likely N-dealkylation sites (tertiary alicyclic amines) is 1. The van der Waals surface area contributed by atoms with Crippen molar-refractivity contribution in [3.8, 4) is 5.75 Å². The van der Waals surface area contributed by atoms with Gasteiger partial charge in [0, 0.05) is 23.7 Å². The highest BCUT2D eigenvalue weighted by atomic mass is 35.5. The SMILES string of the molecule is O=C1COc2ccc(C(=O)N3CC(OCc4ccc(F)cc4Cl)C3)cc2N1. The number of hydrogen-bond donors (Lipinski definition) is 1. The van der Waals surface area contributed by atoms with Crippen molar-refractivity contribution < 1.29 is 23.5 Å². The van der Waals surface area contributed by atoms with Gasteiger partial charge in [-0.05, 0) is 35.9 Å². The monoisotopic (exact) mass is 390 g/mol. The molecule has 0 radical (unpaired) electrons. The summed E-state index contributed by atoms with van der Waals surface area (Å²) in [7, 11) is 0. The standard InChI is InChI=1S/C19H16ClFN2O4/c20-15-6-13(21)3-1-12(15)9-26-14-7-23(8-14)19(25)11-2-4-17-16(5-11)22-18(24)10-27-17/h1-6,14H,7-10H2,(H,22,24). The van der Waals surface area contributed by atoms with Crippen LogP contribution in [0, 0.1) is 5.82 Å². The van der Waals surface area contributed by atoms with Crippen molar-refractivity contribution in [1.29, 1.82) is 0 Å². The van der Waals surface area contributed by atoms with Crippen molar-refractivity contribution in [2.75, 3.05) is 25.0 Å². The quantitative estimate of drug-likeness (QED) is 0.871. The number of nitrogens with zero attached hydrogens (tertiary/aromatic N) is 1. The fraction of sp³-hybridized carbons (Fsp3) is 0.263. The summed E-state index contributed by atoms with van der Waals surface area (Å²) in [5, 5.41) is 3.01. The second-order valence-corrected chi connectivity index (χ2v) is 6.83. The highest BCUT2D eigenvalue weighted by Gasteiger charge is 2.32. The number of hydrogen-bond acceptors (Lipinski definition) is 4. The summed E-state index contributed by atoms with van der Waals surface area (Å²) in [6, 6.07) is 9.12. The van der Waals surface area contributed by atoms with Crippen LogP contribution in [0.25, 0.3) is 0 Å². The van der Waals surface area contributed by atoms with Crippen LogP contribution >= 0.6 is 11.6 Å². The Labute approximate surface area is 159 Å². The van der Waals surface area contributed by atoms with Crippen molar-refractivity contribution in [2.24, 2.45) is 0 Å². The first-order valence-electron chi connectivity index (χ1n) is 8.41. The molecule has 8 heteroatoms. The summed E-state index contributed by atoms with van der Waals surface area (Å²) in [5.74, 6) is -0.232. The minimum absolute atomic E-state index is 0.0243. The zero-order valence-corrected chi connectivity index (χ0v) is 15.0. The zero-order chi connectivity index (χ0) is 19.0. The average molecular weight is 391 g/mol. The Morgan fingerprint density at radius 1 is 1.30 bits per heavy atom. The van der Waals surface area contributed by atoms with Gasteiger partial charge in [0.15, 0.2) is 6.61 Å². The first kappa shape index (κ1) is 17.8. The smallest absolute Gasteiger partial charge is 0.262 e. The third-order valence-corrected chi connectivity index (χ3v) is 4.84. The summed E-state index contributed by atoms with van der Waals surface area (Å²) in [6.45, 7) is 1.15. The first-order chi connectivity index (χ1) is 13.0. The van der Waals surface area contributed by atoms with Crippen molar-refractivity contribution in [1.82, 2.24) is 4.90 Å². The molecule has 4 rings (SSSR count). The molecular formula is C19H16ClFN2O4. The van der Waals surface area contributed by atoms with E-state index in [4.69, 9.17) is 21.1 Å². The molecule has 0 atom stereocenters. The number of amides is 2. The van der Waals surface area contributed by atoms with Crippen molar-refractivity contribution in [3.63, 3.8) is 0 Å². The lowest BCUT2D eigenvalue weighted by Crippen LogP contribution is -2.54. The van der Waals surface area contributed by atoms with E-state index in [0.717, 1.165) is 0 Å². The fourth-order valence-corrected chi connectivity index (χ4v) is 3.18. The molecule has 1 fully saturated rings. The van der Waals surface area contributed by atoms with Crippen LogP contribution in [0.2, 0.25) is 5.02 Å². The molecule has 0 aromatic heterocycles. The molecule has 0 spiro atoms. The van der Waals surface area contributed by atoms with Gasteiger partial charge in [0.1, 0.15) is 11.6 Å². The van der Waals surface area contributed by atoms with E-state index in [0.29, 0.717) is 40.7 Å². The van der Waals surface area contributed by atoms with Gasteiger partial charge in [-0.2, -0.15) is 0 Å². The maximum atomic E-state index is 13.1. The number of ether oxygens (including phenoxy) is 2. The van der Waals surface area contributed by atoms with Crippen molar-refractivity contribution in [2.45, 2.75) is 12.7 Å². The summed E-state index contributed by atoms with van der Waals surface area (Å²) in [4.78, 5) is 25.6. The maximum Gasteiger partial charge on any atom is 0.262 e. The maximum absolute atomic E-state index is 13.1. The Bertz CT molecular complexity index is 915. The summed E-state index contributed by atoms with van der Waals surface area (Å²) in [5.41, 5.74) is 1.67. The second kappa shape index (κ2) is 7.17. The molecule has 2 aliphatic heterocycles. The molecule has 140 valence electrons. The molecule has 2 aliphatic rings. The van der Waals surface area contributed by atoms with Gasteiger partial charge in [-0.25, -0.2) is 4.39 Å². The summed E-state index contributed by atoms with van der Waals surface area (Å²) in [6.07, 6.45) is -0.101. The van der Waals surface area contributed by atoms with Crippen molar-refractivity contribution >= 4 is 29.1 Å². The van der Waals surface area contributed by atoms with Gasteiger partial charge in [-0.15, -0.1) is 0 Å². The molecular weight excluding hydrogens is 375 g/mol. The molecule has 0 bridgehead atoms. The molecule has 0 saturated carbocycles. The Morgan fingerprint density at radius 3 is 2.89 bits per heavy atom. The van der Waals surface area contributed by atoms with Crippen LogP contribution < -0.4 is 10.1 Å². The molecule has 1 saturated heterocycles. The van der Waals surface area contributed by atoms with Crippen LogP contribution in [0.4, 0.5) is 10.1 Å². The highest BCUT2D eigenvalue weighted by Crippen LogP contribution is 2.29. The van der Waals surface area contributed by atoms with E-state index in [2.05, 4.69) is 5.32 Å². The minimum Gasteiger partial charge on any atom is -0.482 e. The number of fused-ring (bicyclic) bond motifs is 1. The Hall–Kier alpha value is -2.64. The molecule has 6 nitrogen and oxygen atoms in total. The van der Waals surface area contributed by atoms with E-state index in [1.807, 2.05) is 0 Å². The number of anilines is 1. The topological polar surface area (TPSA) is 67.9 Å². The number of nitrogens with one attached hydrogen (secondary N) is 1. The molecule has 2 aromatic carbocycles. The largest absolute Gasteiger partial charge is 0.482 e. The highest BCUT2D eigenvalue weighted by molar-refractivity contribution is 6.31. The third-order valence-electron chi connectivity index (χ3n) is 4.48. The minimum atomic E-state index is -0.393. The average Bonchev–Trinajstić information content (AvgIpc) is 2.61. The predicted octanol–water partition coefficient (Wildman–Crippen LogP) is 2.85. The number of halogens is 2. The molecule has 0 aliphatic carbocycles. The number of carbonyl (C=O) groups excluding carboxylic acids is 2. The lowest BCUT2D eigenvalue weighted by atomic mass is 10.1. The van der Waals surface area contributed by atoms with Gasteiger partial charge in [0.25, 0.3) is 11.8 Å². The molecule has 2 heterocycles. The van der Waals surface area contributed by atoms with Crippen molar-refractivity contribution in [3.05, 3.63) is 58.4 Å². The van der Waals surface area contributed by atoms with Gasteiger partial charge in [-0.1, -0.05) is 17.7 Å². The Morgan fingerprint density at radius 2 is 2.11 bits per heavy atom. The fourth-order valence-electron chi connectivity index (χ4n) is 2.95. The molecule has 27 heavy (non-hydrogen) atoms. The van der Waals surface area contributed by atoms with Crippen LogP contribution in [-0.4, -0.2) is 42.5 Å². The van der Waals surface area contributed by atoms with Gasteiger partial charge in [0.05, 0.1) is 18.4 Å². The van der Waals surface area contributed by atoms with Gasteiger partial charge < -0.3 is 19.7 Å². The summed E-state index contributed by atoms with van der Waals surface area (Å²) < 4.78 is 24.1. The molecule has 2 aromatic rings. The van der Waals surface area contributed by atoms with E-state index < -0.39 is 5.82 Å². The van der Waals surface area contributed by atoms with E-state index >= 15 is 0 Å². The number of benzene rings is 2. The normalized spacial score (nSPS) is 16.2. The lowest BCUT2D eigenvalue weighted by Gasteiger charge is -2.39. The predicted molar refractivity (Wildman–Crippen MR) is 96.5 cm³/mol. The van der Waals surface area contributed by atoms with Gasteiger partial charge in [0.2, 0.25) is 0 Å². The lowest BCUT2D eigenvalue weighted by molar-refractivity contribution is -0.118. The van der Waals surface area contributed by atoms with E-state index in [1.165, 1.54) is 12.1 Å². The first-order valence-corrected chi connectivity index (χ1v) is 8.79. The van der Waals surface area contributed by atoms with Crippen LogP contribution in [-0.2, 0) is 16.1 Å². The Kier molecular flexibility index (Phi) is 4.72. The van der Waals surface area contributed by atoms with Crippen LogP contribution in [0.15, 0.2) is 36.4 Å². The molecule has 1 N–H and O–H groups in total. The number of carbonyl (C=O) groups is 2. The Balaban J connectivity index is 1.32. The van der Waals surface area contributed by atoms with E-state index in [-0.39, 0.29) is 31.1 Å². The third kappa shape index (κ3) is 3.74. The zero-order valence-electron chi connectivity index (χ0n) is 14.2.